The molecule has 1 aromatic carbocycles. The molecule has 0 radical (unpaired) electrons. The summed E-state index contributed by atoms with van der Waals surface area (Å²) in [5.74, 6) is -0.249. The molecule has 0 atom stereocenters. The van der Waals surface area contributed by atoms with Crippen LogP contribution in [0.5, 0.6) is 0 Å². The normalized spacial score (nSPS) is 11.3. The number of nitrogens with zero attached hydrogens (tertiary/aromatic N) is 4. The number of rotatable bonds is 6. The quantitative estimate of drug-likeness (QED) is 0.488. The van der Waals surface area contributed by atoms with E-state index in [1.807, 2.05) is 32.9 Å². The molecule has 0 aliphatic carbocycles. The molecule has 2 aromatic heterocycles. The van der Waals surface area contributed by atoms with Crippen LogP contribution in [0, 0.1) is 20.8 Å². The third kappa shape index (κ3) is 3.85. The standard InChI is InChI=1S/C18H18N4O3S/c1-11-4-5-14(12(2)8-11)9-19-22-17(15-6-7-25-13(15)3)20-21-18(22)26-10-16(23)24/h4-9H,10H2,1-3H3,(H,23,24)/p-1/b19-9-. The predicted octanol–water partition coefficient (Wildman–Crippen LogP) is 2.19. The monoisotopic (exact) mass is 369 g/mol. The van der Waals surface area contributed by atoms with Crippen molar-refractivity contribution < 1.29 is 14.3 Å². The molecular formula is C18H17N4O3S-. The van der Waals surface area contributed by atoms with Crippen LogP contribution in [-0.2, 0) is 4.79 Å². The van der Waals surface area contributed by atoms with E-state index in [4.69, 9.17) is 4.42 Å². The Morgan fingerprint density at radius 3 is 2.77 bits per heavy atom. The van der Waals surface area contributed by atoms with Gasteiger partial charge in [-0.2, -0.15) is 9.78 Å². The van der Waals surface area contributed by atoms with Gasteiger partial charge in [0.05, 0.1) is 24.0 Å². The van der Waals surface area contributed by atoms with Crippen molar-refractivity contribution in [2.24, 2.45) is 5.10 Å². The van der Waals surface area contributed by atoms with Gasteiger partial charge in [-0.25, -0.2) is 0 Å². The number of furan rings is 1. The number of carbonyl (C=O) groups excluding carboxylic acids is 1. The highest BCUT2D eigenvalue weighted by atomic mass is 32.2. The van der Waals surface area contributed by atoms with Gasteiger partial charge in [-0.15, -0.1) is 10.2 Å². The molecule has 0 saturated heterocycles. The average Bonchev–Trinajstić information content (AvgIpc) is 3.17. The summed E-state index contributed by atoms with van der Waals surface area (Å²) in [6.07, 6.45) is 3.27. The van der Waals surface area contributed by atoms with Crippen molar-refractivity contribution in [1.82, 2.24) is 14.9 Å². The number of thioether (sulfide) groups is 1. The second kappa shape index (κ2) is 7.57. The van der Waals surface area contributed by atoms with E-state index in [1.54, 1.807) is 18.5 Å². The molecule has 0 spiro atoms. The lowest BCUT2D eigenvalue weighted by atomic mass is 10.1. The van der Waals surface area contributed by atoms with E-state index in [-0.39, 0.29) is 5.75 Å². The first-order valence-corrected chi connectivity index (χ1v) is 8.88. The molecule has 2 heterocycles. The lowest BCUT2D eigenvalue weighted by molar-refractivity contribution is -0.301. The molecule has 0 aliphatic heterocycles. The number of hydrogen-bond donors (Lipinski definition) is 0. The molecule has 3 rings (SSSR count). The molecule has 8 heteroatoms. The van der Waals surface area contributed by atoms with Crippen molar-refractivity contribution in [3.63, 3.8) is 0 Å². The Morgan fingerprint density at radius 2 is 2.12 bits per heavy atom. The number of aryl methyl sites for hydroxylation is 3. The molecule has 0 amide bonds. The Morgan fingerprint density at radius 1 is 1.31 bits per heavy atom. The number of hydrogen-bond acceptors (Lipinski definition) is 7. The van der Waals surface area contributed by atoms with Crippen molar-refractivity contribution in [2.75, 3.05) is 5.75 Å². The molecule has 3 aromatic rings. The minimum absolute atomic E-state index is 0.235. The molecule has 0 bridgehead atoms. The molecule has 0 aliphatic rings. The van der Waals surface area contributed by atoms with Gasteiger partial charge in [0.15, 0.2) is 5.82 Å². The summed E-state index contributed by atoms with van der Waals surface area (Å²) in [6, 6.07) is 7.83. The van der Waals surface area contributed by atoms with E-state index in [2.05, 4.69) is 21.4 Å². The molecule has 7 nitrogen and oxygen atoms in total. The zero-order valence-electron chi connectivity index (χ0n) is 14.6. The van der Waals surface area contributed by atoms with E-state index in [1.165, 1.54) is 10.2 Å². The van der Waals surface area contributed by atoms with Crippen molar-refractivity contribution in [3.05, 3.63) is 53.0 Å². The maximum absolute atomic E-state index is 10.8. The average molecular weight is 369 g/mol. The first-order chi connectivity index (χ1) is 12.5. The third-order valence-corrected chi connectivity index (χ3v) is 4.66. The molecule has 0 saturated carbocycles. The van der Waals surface area contributed by atoms with Crippen LogP contribution in [0.25, 0.3) is 11.4 Å². The van der Waals surface area contributed by atoms with Gasteiger partial charge >= 0.3 is 0 Å². The SMILES string of the molecule is Cc1ccc(/C=N\n2c(SCC(=O)[O-])nnc2-c2ccoc2C)c(C)c1. The fourth-order valence-electron chi connectivity index (χ4n) is 2.46. The summed E-state index contributed by atoms with van der Waals surface area (Å²) in [5.41, 5.74) is 3.96. The zero-order chi connectivity index (χ0) is 18.7. The Bertz CT molecular complexity index is 975. The number of aromatic nitrogens is 3. The van der Waals surface area contributed by atoms with Gasteiger partial charge < -0.3 is 14.3 Å². The van der Waals surface area contributed by atoms with Gasteiger partial charge in [0, 0.05) is 5.75 Å². The van der Waals surface area contributed by atoms with Crippen LogP contribution in [0.1, 0.15) is 22.5 Å². The first-order valence-electron chi connectivity index (χ1n) is 7.90. The van der Waals surface area contributed by atoms with Gasteiger partial charge in [0.25, 0.3) is 0 Å². The number of carbonyl (C=O) groups is 1. The highest BCUT2D eigenvalue weighted by molar-refractivity contribution is 7.99. The van der Waals surface area contributed by atoms with Gasteiger partial charge in [-0.1, -0.05) is 35.5 Å². The largest absolute Gasteiger partial charge is 0.549 e. The summed E-state index contributed by atoms with van der Waals surface area (Å²) in [5, 5.41) is 23.9. The summed E-state index contributed by atoms with van der Waals surface area (Å²) >= 11 is 1.00. The molecule has 0 N–H and O–H groups in total. The topological polar surface area (TPSA) is 96.3 Å². The van der Waals surface area contributed by atoms with E-state index < -0.39 is 5.97 Å². The highest BCUT2D eigenvalue weighted by Crippen LogP contribution is 2.27. The highest BCUT2D eigenvalue weighted by Gasteiger charge is 2.17. The van der Waals surface area contributed by atoms with Crippen molar-refractivity contribution in [1.29, 1.82) is 0 Å². The molecule has 26 heavy (non-hydrogen) atoms. The fraction of sp³-hybridized carbons (Fsp3) is 0.222. The van der Waals surface area contributed by atoms with E-state index >= 15 is 0 Å². The van der Waals surface area contributed by atoms with Crippen LogP contribution >= 0.6 is 11.8 Å². The molecule has 134 valence electrons. The van der Waals surface area contributed by atoms with E-state index in [0.717, 1.165) is 28.5 Å². The predicted molar refractivity (Wildman–Crippen MR) is 97.1 cm³/mol. The lowest BCUT2D eigenvalue weighted by Crippen LogP contribution is -2.24. The van der Waals surface area contributed by atoms with Gasteiger partial charge in [0.2, 0.25) is 5.16 Å². The maximum atomic E-state index is 10.8. The van der Waals surface area contributed by atoms with Gasteiger partial charge in [-0.05, 0) is 38.0 Å². The smallest absolute Gasteiger partial charge is 0.212 e. The van der Waals surface area contributed by atoms with Crippen LogP contribution < -0.4 is 5.11 Å². The van der Waals surface area contributed by atoms with Gasteiger partial charge in [-0.3, -0.25) is 0 Å². The van der Waals surface area contributed by atoms with Crippen molar-refractivity contribution >= 4 is 23.9 Å². The minimum atomic E-state index is -1.18. The van der Waals surface area contributed by atoms with E-state index in [0.29, 0.717) is 16.7 Å². The van der Waals surface area contributed by atoms with Crippen LogP contribution in [0.4, 0.5) is 0 Å². The molecule has 0 fully saturated rings. The van der Waals surface area contributed by atoms with Crippen LogP contribution in [0.2, 0.25) is 0 Å². The van der Waals surface area contributed by atoms with Gasteiger partial charge in [0.1, 0.15) is 5.76 Å². The Balaban J connectivity index is 2.01. The Kier molecular flexibility index (Phi) is 5.22. The lowest BCUT2D eigenvalue weighted by Gasteiger charge is -2.05. The second-order valence-electron chi connectivity index (χ2n) is 5.77. The number of benzene rings is 1. The number of aliphatic carboxylic acids is 1. The number of carboxylic acid groups (broad SMARTS) is 1. The first kappa shape index (κ1) is 17.9. The van der Waals surface area contributed by atoms with Crippen LogP contribution in [0.3, 0.4) is 0 Å². The summed E-state index contributed by atoms with van der Waals surface area (Å²) in [7, 11) is 0. The molecule has 0 unspecified atom stereocenters. The summed E-state index contributed by atoms with van der Waals surface area (Å²) < 4.78 is 6.85. The summed E-state index contributed by atoms with van der Waals surface area (Å²) in [4.78, 5) is 10.8. The van der Waals surface area contributed by atoms with E-state index in [9.17, 15) is 9.90 Å². The summed E-state index contributed by atoms with van der Waals surface area (Å²) in [6.45, 7) is 5.85. The second-order valence-corrected chi connectivity index (χ2v) is 6.72. The third-order valence-electron chi connectivity index (χ3n) is 3.77. The Hall–Kier alpha value is -2.87. The zero-order valence-corrected chi connectivity index (χ0v) is 15.4. The van der Waals surface area contributed by atoms with Crippen molar-refractivity contribution in [3.8, 4) is 11.4 Å². The maximum Gasteiger partial charge on any atom is 0.212 e. The fourth-order valence-corrected chi connectivity index (χ4v) is 3.06. The minimum Gasteiger partial charge on any atom is -0.549 e. The Labute approximate surface area is 154 Å². The molecular weight excluding hydrogens is 352 g/mol. The van der Waals surface area contributed by atoms with Crippen LogP contribution in [-0.4, -0.2) is 32.8 Å². The van der Waals surface area contributed by atoms with Crippen LogP contribution in [0.15, 0.2) is 45.2 Å². The van der Waals surface area contributed by atoms with Crippen molar-refractivity contribution in [2.45, 2.75) is 25.9 Å². The number of carboxylic acids is 1.